The van der Waals surface area contributed by atoms with E-state index < -0.39 is 11.9 Å². The number of hydrogen-bond donors (Lipinski definition) is 1. The van der Waals surface area contributed by atoms with Gasteiger partial charge >= 0.3 is 0 Å². The molecule has 2 aliphatic heterocycles. The number of hydrogen-bond acceptors (Lipinski definition) is 3. The number of aryl methyl sites for hydroxylation is 1. The third-order valence-corrected chi connectivity index (χ3v) is 6.67. The molecule has 2 heterocycles. The standard InChI is InChI=1S/C26H30FN3O3/c1-18-4-6-21(7-5-18)25(32)30-16-12-19(13-17-30)23(26(33)29-14-2-3-15-29)28-24(31)20-8-10-22(27)11-9-20/h4-11,19,23H,2-3,12-17H2,1H3,(H,28,31)/t23-/m1/s1. The fourth-order valence-electron chi connectivity index (χ4n) is 4.66. The third kappa shape index (κ3) is 5.41. The summed E-state index contributed by atoms with van der Waals surface area (Å²) in [7, 11) is 0. The second kappa shape index (κ2) is 10.1. The van der Waals surface area contributed by atoms with Gasteiger partial charge in [0.1, 0.15) is 11.9 Å². The molecule has 1 atom stereocenters. The second-order valence-corrected chi connectivity index (χ2v) is 8.99. The summed E-state index contributed by atoms with van der Waals surface area (Å²) in [6, 6.07) is 12.2. The van der Waals surface area contributed by atoms with Crippen LogP contribution in [0.1, 0.15) is 52.0 Å². The van der Waals surface area contributed by atoms with Crippen molar-refractivity contribution in [2.24, 2.45) is 5.92 Å². The minimum atomic E-state index is -0.655. The van der Waals surface area contributed by atoms with Gasteiger partial charge in [0, 0.05) is 37.3 Å². The van der Waals surface area contributed by atoms with Crippen LogP contribution in [0.3, 0.4) is 0 Å². The summed E-state index contributed by atoms with van der Waals surface area (Å²) in [5, 5.41) is 2.93. The van der Waals surface area contributed by atoms with E-state index in [2.05, 4.69) is 5.32 Å². The van der Waals surface area contributed by atoms with Crippen molar-refractivity contribution >= 4 is 17.7 Å². The molecule has 33 heavy (non-hydrogen) atoms. The quantitative estimate of drug-likeness (QED) is 0.758. The lowest BCUT2D eigenvalue weighted by Gasteiger charge is -2.37. The summed E-state index contributed by atoms with van der Waals surface area (Å²) in [6.07, 6.45) is 3.19. The average Bonchev–Trinajstić information content (AvgIpc) is 3.38. The highest BCUT2D eigenvalue weighted by molar-refractivity contribution is 5.98. The molecular weight excluding hydrogens is 421 g/mol. The molecule has 0 bridgehead atoms. The van der Waals surface area contributed by atoms with Gasteiger partial charge in [0.15, 0.2) is 0 Å². The molecule has 0 aliphatic carbocycles. The van der Waals surface area contributed by atoms with Crippen LogP contribution in [0.2, 0.25) is 0 Å². The van der Waals surface area contributed by atoms with Gasteiger partial charge in [-0.1, -0.05) is 17.7 Å². The molecule has 0 unspecified atom stereocenters. The number of rotatable bonds is 5. The zero-order chi connectivity index (χ0) is 23.4. The Labute approximate surface area is 193 Å². The van der Waals surface area contributed by atoms with E-state index in [-0.39, 0.29) is 23.6 Å². The number of piperidine rings is 1. The molecule has 0 spiro atoms. The molecule has 0 aromatic heterocycles. The fourth-order valence-corrected chi connectivity index (χ4v) is 4.66. The maximum absolute atomic E-state index is 13.3. The SMILES string of the molecule is Cc1ccc(C(=O)N2CCC([C@@H](NC(=O)c3ccc(F)cc3)C(=O)N3CCCC3)CC2)cc1. The van der Waals surface area contributed by atoms with Crippen LogP contribution in [0.4, 0.5) is 4.39 Å². The molecule has 174 valence electrons. The van der Waals surface area contributed by atoms with Gasteiger partial charge in [0.25, 0.3) is 11.8 Å². The van der Waals surface area contributed by atoms with Gasteiger partial charge in [-0.15, -0.1) is 0 Å². The molecule has 6 nitrogen and oxygen atoms in total. The summed E-state index contributed by atoms with van der Waals surface area (Å²) in [5.41, 5.74) is 2.08. The van der Waals surface area contributed by atoms with Crippen LogP contribution in [0, 0.1) is 18.7 Å². The van der Waals surface area contributed by atoms with Crippen LogP contribution in [-0.2, 0) is 4.79 Å². The van der Waals surface area contributed by atoms with Gasteiger partial charge < -0.3 is 15.1 Å². The van der Waals surface area contributed by atoms with Crippen LogP contribution in [0.15, 0.2) is 48.5 Å². The Balaban J connectivity index is 1.45. The van der Waals surface area contributed by atoms with Gasteiger partial charge in [-0.25, -0.2) is 4.39 Å². The van der Waals surface area contributed by atoms with E-state index in [1.807, 2.05) is 41.0 Å². The molecule has 2 aromatic rings. The molecule has 0 radical (unpaired) electrons. The highest BCUT2D eigenvalue weighted by Gasteiger charge is 2.37. The number of halogens is 1. The average molecular weight is 452 g/mol. The third-order valence-electron chi connectivity index (χ3n) is 6.67. The Hall–Kier alpha value is -3.22. The molecule has 2 aliphatic rings. The van der Waals surface area contributed by atoms with Crippen LogP contribution >= 0.6 is 0 Å². The molecular formula is C26H30FN3O3. The topological polar surface area (TPSA) is 69.7 Å². The number of benzene rings is 2. The van der Waals surface area contributed by atoms with E-state index in [9.17, 15) is 18.8 Å². The Morgan fingerprint density at radius 3 is 2.03 bits per heavy atom. The van der Waals surface area contributed by atoms with E-state index in [1.165, 1.54) is 24.3 Å². The first kappa shape index (κ1) is 23.0. The minimum Gasteiger partial charge on any atom is -0.341 e. The van der Waals surface area contributed by atoms with Crippen LogP contribution in [0.5, 0.6) is 0 Å². The van der Waals surface area contributed by atoms with Gasteiger partial charge in [0.2, 0.25) is 5.91 Å². The molecule has 7 heteroatoms. The van der Waals surface area contributed by atoms with Crippen molar-refractivity contribution in [3.63, 3.8) is 0 Å². The van der Waals surface area contributed by atoms with Gasteiger partial charge in [-0.2, -0.15) is 0 Å². The second-order valence-electron chi connectivity index (χ2n) is 8.99. The molecule has 2 saturated heterocycles. The highest BCUT2D eigenvalue weighted by Crippen LogP contribution is 2.25. The van der Waals surface area contributed by atoms with Crippen molar-refractivity contribution in [1.82, 2.24) is 15.1 Å². The summed E-state index contributed by atoms with van der Waals surface area (Å²) < 4.78 is 13.3. The first-order valence-electron chi connectivity index (χ1n) is 11.6. The summed E-state index contributed by atoms with van der Waals surface area (Å²) in [5.74, 6) is -0.936. The normalized spacial score (nSPS) is 17.6. The number of carbonyl (C=O) groups is 3. The van der Waals surface area contributed by atoms with Crippen molar-refractivity contribution in [1.29, 1.82) is 0 Å². The number of likely N-dealkylation sites (tertiary alicyclic amines) is 2. The molecule has 0 saturated carbocycles. The lowest BCUT2D eigenvalue weighted by Crippen LogP contribution is -2.54. The zero-order valence-electron chi connectivity index (χ0n) is 18.9. The van der Waals surface area contributed by atoms with Crippen molar-refractivity contribution in [3.8, 4) is 0 Å². The number of carbonyl (C=O) groups excluding carboxylic acids is 3. The van der Waals surface area contributed by atoms with E-state index in [0.29, 0.717) is 50.1 Å². The molecule has 1 N–H and O–H groups in total. The first-order chi connectivity index (χ1) is 15.9. The minimum absolute atomic E-state index is 0.00813. The predicted octanol–water partition coefficient (Wildman–Crippen LogP) is 3.41. The van der Waals surface area contributed by atoms with Crippen molar-refractivity contribution in [2.45, 2.75) is 38.6 Å². The monoisotopic (exact) mass is 451 g/mol. The Morgan fingerprint density at radius 1 is 0.848 bits per heavy atom. The van der Waals surface area contributed by atoms with Gasteiger partial charge in [-0.3, -0.25) is 14.4 Å². The van der Waals surface area contributed by atoms with E-state index in [1.54, 1.807) is 0 Å². The van der Waals surface area contributed by atoms with Crippen molar-refractivity contribution in [3.05, 3.63) is 71.0 Å². The van der Waals surface area contributed by atoms with E-state index in [4.69, 9.17) is 0 Å². The summed E-state index contributed by atoms with van der Waals surface area (Å²) >= 11 is 0. The van der Waals surface area contributed by atoms with E-state index in [0.717, 1.165) is 18.4 Å². The van der Waals surface area contributed by atoms with Crippen molar-refractivity contribution < 1.29 is 18.8 Å². The van der Waals surface area contributed by atoms with Crippen molar-refractivity contribution in [2.75, 3.05) is 26.2 Å². The Bertz CT molecular complexity index is 992. The van der Waals surface area contributed by atoms with Crippen LogP contribution in [0.25, 0.3) is 0 Å². The van der Waals surface area contributed by atoms with E-state index >= 15 is 0 Å². The maximum Gasteiger partial charge on any atom is 0.253 e. The predicted molar refractivity (Wildman–Crippen MR) is 123 cm³/mol. The van der Waals surface area contributed by atoms with Crippen LogP contribution < -0.4 is 5.32 Å². The zero-order valence-corrected chi connectivity index (χ0v) is 18.9. The maximum atomic E-state index is 13.3. The lowest BCUT2D eigenvalue weighted by molar-refractivity contribution is -0.134. The number of nitrogens with one attached hydrogen (secondary N) is 1. The lowest BCUT2D eigenvalue weighted by atomic mass is 9.88. The van der Waals surface area contributed by atoms with Gasteiger partial charge in [-0.05, 0) is 74.9 Å². The highest BCUT2D eigenvalue weighted by atomic mass is 19.1. The fraction of sp³-hybridized carbons (Fsp3) is 0.423. The number of amides is 3. The Kier molecular flexibility index (Phi) is 7.06. The summed E-state index contributed by atoms with van der Waals surface area (Å²) in [4.78, 5) is 42.7. The molecule has 3 amide bonds. The Morgan fingerprint density at radius 2 is 1.42 bits per heavy atom. The van der Waals surface area contributed by atoms with Gasteiger partial charge in [0.05, 0.1) is 0 Å². The van der Waals surface area contributed by atoms with Crippen LogP contribution in [-0.4, -0.2) is 59.7 Å². The molecule has 2 fully saturated rings. The first-order valence-corrected chi connectivity index (χ1v) is 11.6. The molecule has 4 rings (SSSR count). The molecule has 2 aromatic carbocycles. The summed E-state index contributed by atoms with van der Waals surface area (Å²) in [6.45, 7) is 4.46. The number of nitrogens with zero attached hydrogens (tertiary/aromatic N) is 2. The smallest absolute Gasteiger partial charge is 0.253 e. The largest absolute Gasteiger partial charge is 0.341 e.